The summed E-state index contributed by atoms with van der Waals surface area (Å²) in [7, 11) is 0. The van der Waals surface area contributed by atoms with Gasteiger partial charge in [-0.1, -0.05) is 84.0 Å². The van der Waals surface area contributed by atoms with E-state index in [9.17, 15) is 19.5 Å². The van der Waals surface area contributed by atoms with Crippen LogP contribution in [0.25, 0.3) is 0 Å². The number of hydrogen-bond acceptors (Lipinski definition) is 4. The molecule has 0 bridgehead atoms. The average Bonchev–Trinajstić information content (AvgIpc) is 2.69. The van der Waals surface area contributed by atoms with Crippen LogP contribution in [0, 0.1) is 10.8 Å². The molecule has 0 heterocycles. The Hall–Kier alpha value is -1.45. The summed E-state index contributed by atoms with van der Waals surface area (Å²) in [4.78, 5) is 37.8. The Balaban J connectivity index is 2.28. The van der Waals surface area contributed by atoms with Gasteiger partial charge in [-0.15, -0.1) is 0 Å². The van der Waals surface area contributed by atoms with E-state index in [2.05, 4.69) is 6.92 Å². The minimum atomic E-state index is -1.27. The number of ketones is 3. The van der Waals surface area contributed by atoms with Crippen molar-refractivity contribution in [3.05, 3.63) is 11.3 Å². The summed E-state index contributed by atoms with van der Waals surface area (Å²) in [5.74, 6) is -1.55. The van der Waals surface area contributed by atoms with E-state index in [1.54, 1.807) is 27.7 Å². The molecule has 0 aromatic rings. The lowest BCUT2D eigenvalue weighted by Gasteiger charge is -2.37. The van der Waals surface area contributed by atoms with Gasteiger partial charge in [0.1, 0.15) is 11.3 Å². The SMILES string of the molecule is CCCCCCCCCCCCCCCC(=O)C1=C(O)C(C)(C)C(=O)C(C)(C)C1=O. The highest BCUT2D eigenvalue weighted by atomic mass is 16.3. The number of carbonyl (C=O) groups is 3. The van der Waals surface area contributed by atoms with Crippen molar-refractivity contribution in [2.45, 2.75) is 125 Å². The zero-order valence-electron chi connectivity index (χ0n) is 20.1. The fourth-order valence-electron chi connectivity index (χ4n) is 4.41. The monoisotopic (exact) mass is 420 g/mol. The zero-order valence-corrected chi connectivity index (χ0v) is 20.1. The Morgan fingerprint density at radius 2 is 1.10 bits per heavy atom. The molecule has 0 fully saturated rings. The molecule has 4 heteroatoms. The first-order chi connectivity index (χ1) is 14.1. The molecular weight excluding hydrogens is 376 g/mol. The molecule has 172 valence electrons. The van der Waals surface area contributed by atoms with Crippen LogP contribution in [-0.4, -0.2) is 22.5 Å². The maximum absolute atomic E-state index is 12.7. The summed E-state index contributed by atoms with van der Waals surface area (Å²) in [6, 6.07) is 0. The van der Waals surface area contributed by atoms with Crippen LogP contribution in [0.3, 0.4) is 0 Å². The second-order valence-corrected chi connectivity index (χ2v) is 10.0. The zero-order chi connectivity index (χ0) is 22.8. The van der Waals surface area contributed by atoms with E-state index in [4.69, 9.17) is 0 Å². The van der Waals surface area contributed by atoms with Crippen LogP contribution in [0.15, 0.2) is 11.3 Å². The summed E-state index contributed by atoms with van der Waals surface area (Å²) in [6.07, 6.45) is 16.2. The molecule has 4 nitrogen and oxygen atoms in total. The number of aliphatic hydroxyl groups is 1. The fourth-order valence-corrected chi connectivity index (χ4v) is 4.41. The van der Waals surface area contributed by atoms with Crippen molar-refractivity contribution in [1.29, 1.82) is 0 Å². The summed E-state index contributed by atoms with van der Waals surface area (Å²) >= 11 is 0. The second-order valence-electron chi connectivity index (χ2n) is 10.0. The molecule has 30 heavy (non-hydrogen) atoms. The lowest BCUT2D eigenvalue weighted by atomic mass is 9.63. The van der Waals surface area contributed by atoms with Crippen molar-refractivity contribution in [2.75, 3.05) is 0 Å². The first-order valence-corrected chi connectivity index (χ1v) is 12.1. The minimum absolute atomic E-state index is 0.150. The van der Waals surface area contributed by atoms with Crippen molar-refractivity contribution < 1.29 is 19.5 Å². The number of unbranched alkanes of at least 4 members (excludes halogenated alkanes) is 12. The Labute approximate surface area is 183 Å². The van der Waals surface area contributed by atoms with E-state index < -0.39 is 16.6 Å². The van der Waals surface area contributed by atoms with Crippen LogP contribution in [0.1, 0.15) is 125 Å². The van der Waals surface area contributed by atoms with E-state index in [1.807, 2.05) is 0 Å². The predicted octanol–water partition coefficient (Wildman–Crippen LogP) is 7.05. The molecule has 0 amide bonds. The van der Waals surface area contributed by atoms with Gasteiger partial charge in [0.25, 0.3) is 0 Å². The van der Waals surface area contributed by atoms with Crippen molar-refractivity contribution >= 4 is 17.3 Å². The number of hydrogen-bond donors (Lipinski definition) is 1. The van der Waals surface area contributed by atoms with Crippen molar-refractivity contribution in [3.8, 4) is 0 Å². The molecule has 0 radical (unpaired) electrons. The van der Waals surface area contributed by atoms with Crippen LogP contribution in [0.5, 0.6) is 0 Å². The molecule has 1 N–H and O–H groups in total. The highest BCUT2D eigenvalue weighted by Crippen LogP contribution is 2.43. The maximum atomic E-state index is 12.7. The molecule has 0 atom stereocenters. The Morgan fingerprint density at radius 3 is 1.53 bits per heavy atom. The van der Waals surface area contributed by atoms with Gasteiger partial charge in [-0.05, 0) is 34.1 Å². The van der Waals surface area contributed by atoms with Gasteiger partial charge < -0.3 is 5.11 Å². The largest absolute Gasteiger partial charge is 0.510 e. The van der Waals surface area contributed by atoms with Gasteiger partial charge in [-0.25, -0.2) is 0 Å². The summed E-state index contributed by atoms with van der Waals surface area (Å²) in [5.41, 5.74) is -2.61. The lowest BCUT2D eigenvalue weighted by Crippen LogP contribution is -2.50. The Morgan fingerprint density at radius 1 is 0.700 bits per heavy atom. The third kappa shape index (κ3) is 7.06. The summed E-state index contributed by atoms with van der Waals surface area (Å²) in [6.45, 7) is 8.50. The molecular formula is C26H44O4. The third-order valence-corrected chi connectivity index (χ3v) is 6.55. The highest BCUT2D eigenvalue weighted by molar-refractivity contribution is 6.30. The molecule has 0 spiro atoms. The van der Waals surface area contributed by atoms with Crippen LogP contribution in [0.2, 0.25) is 0 Å². The van der Waals surface area contributed by atoms with Gasteiger partial charge in [0, 0.05) is 6.42 Å². The van der Waals surface area contributed by atoms with E-state index in [0.717, 1.165) is 19.3 Å². The molecule has 0 aromatic heterocycles. The van der Waals surface area contributed by atoms with Gasteiger partial charge in [-0.3, -0.25) is 14.4 Å². The quantitative estimate of drug-likeness (QED) is 0.175. The number of rotatable bonds is 15. The number of Topliss-reactive ketones (excluding diaryl/α,β-unsaturated/α-hetero) is 3. The van der Waals surface area contributed by atoms with Gasteiger partial charge in [0.15, 0.2) is 17.3 Å². The van der Waals surface area contributed by atoms with E-state index in [0.29, 0.717) is 0 Å². The predicted molar refractivity (Wildman–Crippen MR) is 123 cm³/mol. The van der Waals surface area contributed by atoms with Crippen LogP contribution < -0.4 is 0 Å². The number of aliphatic hydroxyl groups excluding tert-OH is 1. The van der Waals surface area contributed by atoms with E-state index in [-0.39, 0.29) is 29.3 Å². The van der Waals surface area contributed by atoms with E-state index in [1.165, 1.54) is 64.2 Å². The van der Waals surface area contributed by atoms with Crippen LogP contribution >= 0.6 is 0 Å². The lowest BCUT2D eigenvalue weighted by molar-refractivity contribution is -0.145. The molecule has 1 aliphatic carbocycles. The fraction of sp³-hybridized carbons (Fsp3) is 0.808. The van der Waals surface area contributed by atoms with E-state index >= 15 is 0 Å². The average molecular weight is 421 g/mol. The first-order valence-electron chi connectivity index (χ1n) is 12.1. The van der Waals surface area contributed by atoms with Gasteiger partial charge in [0.2, 0.25) is 0 Å². The van der Waals surface area contributed by atoms with Gasteiger partial charge >= 0.3 is 0 Å². The number of allylic oxidation sites excluding steroid dienone is 2. The maximum Gasteiger partial charge on any atom is 0.182 e. The molecule has 0 saturated heterocycles. The molecule has 0 aromatic carbocycles. The van der Waals surface area contributed by atoms with Gasteiger partial charge in [0.05, 0.1) is 10.8 Å². The molecule has 1 aliphatic rings. The Bertz CT molecular complexity index is 625. The summed E-state index contributed by atoms with van der Waals surface area (Å²) in [5, 5.41) is 10.5. The third-order valence-electron chi connectivity index (χ3n) is 6.55. The molecule has 0 aliphatic heterocycles. The number of carbonyl (C=O) groups excluding carboxylic acids is 3. The molecule has 0 saturated carbocycles. The molecule has 0 unspecified atom stereocenters. The Kier molecular flexibility index (Phi) is 11.0. The van der Waals surface area contributed by atoms with Crippen molar-refractivity contribution in [2.24, 2.45) is 10.8 Å². The summed E-state index contributed by atoms with van der Waals surface area (Å²) < 4.78 is 0. The topological polar surface area (TPSA) is 71.4 Å². The smallest absolute Gasteiger partial charge is 0.182 e. The highest BCUT2D eigenvalue weighted by Gasteiger charge is 2.54. The van der Waals surface area contributed by atoms with Crippen LogP contribution in [-0.2, 0) is 14.4 Å². The molecule has 1 rings (SSSR count). The second kappa shape index (κ2) is 12.4. The van der Waals surface area contributed by atoms with Crippen LogP contribution in [0.4, 0.5) is 0 Å². The van der Waals surface area contributed by atoms with Crippen molar-refractivity contribution in [1.82, 2.24) is 0 Å². The van der Waals surface area contributed by atoms with Gasteiger partial charge in [-0.2, -0.15) is 0 Å². The minimum Gasteiger partial charge on any atom is -0.510 e. The standard InChI is InChI=1S/C26H44O4/c1-6-7-8-9-10-11-12-13-14-15-16-17-18-19-20(27)21-22(28)25(2,3)24(30)26(4,5)23(21)29/h28H,6-19H2,1-5H3. The first kappa shape index (κ1) is 26.6. The van der Waals surface area contributed by atoms with Crippen molar-refractivity contribution in [3.63, 3.8) is 0 Å². The normalized spacial score (nSPS) is 18.2.